The number of rotatable bonds is 6. The van der Waals surface area contributed by atoms with Crippen LogP contribution >= 0.6 is 27.7 Å². The Morgan fingerprint density at radius 2 is 1.95 bits per heavy atom. The van der Waals surface area contributed by atoms with Crippen molar-refractivity contribution >= 4 is 27.7 Å². The summed E-state index contributed by atoms with van der Waals surface area (Å²) in [6.45, 7) is 0. The van der Waals surface area contributed by atoms with E-state index in [9.17, 15) is 0 Å². The minimum absolute atomic E-state index is 0.102. The predicted octanol–water partition coefficient (Wildman–Crippen LogP) is 4.26. The van der Waals surface area contributed by atoms with Crippen LogP contribution in [-0.2, 0) is 0 Å². The van der Waals surface area contributed by atoms with Gasteiger partial charge in [0.2, 0.25) is 0 Å². The minimum atomic E-state index is -0.102. The topological polar surface area (TPSA) is 44.5 Å². The van der Waals surface area contributed by atoms with Crippen LogP contribution in [0.5, 0.6) is 11.5 Å². The molecule has 1 atom stereocenters. The van der Waals surface area contributed by atoms with Crippen molar-refractivity contribution in [3.8, 4) is 11.5 Å². The Balaban J connectivity index is 2.07. The van der Waals surface area contributed by atoms with Crippen LogP contribution in [0.4, 0.5) is 0 Å². The van der Waals surface area contributed by atoms with Crippen LogP contribution < -0.4 is 15.2 Å². The van der Waals surface area contributed by atoms with Gasteiger partial charge in [-0.25, -0.2) is 0 Å². The van der Waals surface area contributed by atoms with Crippen LogP contribution in [0.3, 0.4) is 0 Å². The molecule has 0 radical (unpaired) electrons. The van der Waals surface area contributed by atoms with E-state index >= 15 is 0 Å². The Morgan fingerprint density at radius 3 is 2.62 bits per heavy atom. The normalized spacial score (nSPS) is 12.0. The van der Waals surface area contributed by atoms with E-state index in [2.05, 4.69) is 28.1 Å². The summed E-state index contributed by atoms with van der Waals surface area (Å²) in [7, 11) is 3.28. The molecule has 2 rings (SSSR count). The molecular weight excluding hydrogens is 350 g/mol. The Kier molecular flexibility index (Phi) is 5.96. The van der Waals surface area contributed by atoms with Crippen molar-refractivity contribution in [1.29, 1.82) is 0 Å². The summed E-state index contributed by atoms with van der Waals surface area (Å²) in [5, 5.41) is 0. The fraction of sp³-hybridized carbons (Fsp3) is 0.250. The van der Waals surface area contributed by atoms with Crippen LogP contribution in [0, 0.1) is 0 Å². The smallest absolute Gasteiger partial charge is 0.127 e. The van der Waals surface area contributed by atoms with Gasteiger partial charge in [-0.15, -0.1) is 11.8 Å². The molecule has 0 amide bonds. The van der Waals surface area contributed by atoms with Gasteiger partial charge in [0.05, 0.1) is 14.2 Å². The zero-order valence-corrected chi connectivity index (χ0v) is 14.4. The number of benzene rings is 2. The first-order valence-electron chi connectivity index (χ1n) is 6.50. The third-order valence-corrected chi connectivity index (χ3v) is 4.67. The standard InChI is InChI=1S/C16H18BrNO2S/c1-19-12-6-7-14(16(9-12)20-2)15(18)10-21-13-5-3-4-11(17)8-13/h3-9,15H,10,18H2,1-2H3. The highest BCUT2D eigenvalue weighted by atomic mass is 79.9. The molecule has 21 heavy (non-hydrogen) atoms. The second-order valence-electron chi connectivity index (χ2n) is 4.48. The third-order valence-electron chi connectivity index (χ3n) is 3.07. The molecule has 0 spiro atoms. The number of hydrogen-bond donors (Lipinski definition) is 1. The number of ether oxygens (including phenoxy) is 2. The summed E-state index contributed by atoms with van der Waals surface area (Å²) in [6, 6.07) is 13.8. The van der Waals surface area contributed by atoms with Crippen LogP contribution in [0.2, 0.25) is 0 Å². The summed E-state index contributed by atoms with van der Waals surface area (Å²) in [5.41, 5.74) is 7.28. The average molecular weight is 368 g/mol. The summed E-state index contributed by atoms with van der Waals surface area (Å²) >= 11 is 5.20. The molecule has 0 aliphatic carbocycles. The van der Waals surface area contributed by atoms with Gasteiger partial charge in [-0.3, -0.25) is 0 Å². The molecule has 0 aliphatic heterocycles. The maximum Gasteiger partial charge on any atom is 0.127 e. The molecule has 2 aromatic carbocycles. The number of thioether (sulfide) groups is 1. The lowest BCUT2D eigenvalue weighted by Gasteiger charge is -2.16. The van der Waals surface area contributed by atoms with Gasteiger partial charge in [0, 0.05) is 32.8 Å². The molecular formula is C16H18BrNO2S. The van der Waals surface area contributed by atoms with Crippen molar-refractivity contribution in [3.63, 3.8) is 0 Å². The second kappa shape index (κ2) is 7.73. The Bertz CT molecular complexity index is 607. The van der Waals surface area contributed by atoms with Crippen LogP contribution in [0.25, 0.3) is 0 Å². The second-order valence-corrected chi connectivity index (χ2v) is 6.49. The van der Waals surface area contributed by atoms with Crippen molar-refractivity contribution in [1.82, 2.24) is 0 Å². The number of methoxy groups -OCH3 is 2. The molecule has 0 aromatic heterocycles. The molecule has 5 heteroatoms. The van der Waals surface area contributed by atoms with E-state index in [-0.39, 0.29) is 6.04 Å². The van der Waals surface area contributed by atoms with E-state index in [1.807, 2.05) is 30.3 Å². The van der Waals surface area contributed by atoms with Crippen LogP contribution in [0.1, 0.15) is 11.6 Å². The van der Waals surface area contributed by atoms with Gasteiger partial charge in [-0.1, -0.05) is 28.1 Å². The zero-order valence-electron chi connectivity index (χ0n) is 12.0. The summed E-state index contributed by atoms with van der Waals surface area (Å²) in [5.74, 6) is 2.30. The van der Waals surface area contributed by atoms with E-state index in [1.165, 1.54) is 4.90 Å². The molecule has 2 aromatic rings. The van der Waals surface area contributed by atoms with Gasteiger partial charge < -0.3 is 15.2 Å². The Labute approximate surface area is 138 Å². The largest absolute Gasteiger partial charge is 0.497 e. The monoisotopic (exact) mass is 367 g/mol. The lowest BCUT2D eigenvalue weighted by Crippen LogP contribution is -2.14. The van der Waals surface area contributed by atoms with Gasteiger partial charge in [-0.05, 0) is 24.3 Å². The molecule has 0 saturated carbocycles. The first kappa shape index (κ1) is 16.2. The number of nitrogens with two attached hydrogens (primary N) is 1. The maximum atomic E-state index is 6.30. The van der Waals surface area contributed by atoms with E-state index in [0.29, 0.717) is 0 Å². The van der Waals surface area contributed by atoms with Gasteiger partial charge in [0.15, 0.2) is 0 Å². The quantitative estimate of drug-likeness (QED) is 0.774. The Hall–Kier alpha value is -1.17. The SMILES string of the molecule is COc1ccc(C(N)CSc2cccc(Br)c2)c(OC)c1. The third kappa shape index (κ3) is 4.40. The molecule has 3 nitrogen and oxygen atoms in total. The highest BCUT2D eigenvalue weighted by molar-refractivity contribution is 9.10. The molecule has 1 unspecified atom stereocenters. The lowest BCUT2D eigenvalue weighted by molar-refractivity contribution is 0.389. The molecule has 0 fully saturated rings. The first-order chi connectivity index (χ1) is 10.1. The fourth-order valence-corrected chi connectivity index (χ4v) is 3.44. The Morgan fingerprint density at radius 1 is 1.14 bits per heavy atom. The van der Waals surface area contributed by atoms with Crippen molar-refractivity contribution < 1.29 is 9.47 Å². The number of halogens is 1. The van der Waals surface area contributed by atoms with Gasteiger partial charge in [0.25, 0.3) is 0 Å². The lowest BCUT2D eigenvalue weighted by atomic mass is 10.1. The molecule has 0 heterocycles. The van der Waals surface area contributed by atoms with Gasteiger partial charge in [-0.2, -0.15) is 0 Å². The van der Waals surface area contributed by atoms with Crippen molar-refractivity contribution in [2.45, 2.75) is 10.9 Å². The highest BCUT2D eigenvalue weighted by Crippen LogP contribution is 2.32. The average Bonchev–Trinajstić information content (AvgIpc) is 2.52. The molecule has 112 valence electrons. The van der Waals surface area contributed by atoms with Crippen molar-refractivity contribution in [2.75, 3.05) is 20.0 Å². The highest BCUT2D eigenvalue weighted by Gasteiger charge is 2.13. The summed E-state index contributed by atoms with van der Waals surface area (Å²) < 4.78 is 11.7. The van der Waals surface area contributed by atoms with E-state index in [1.54, 1.807) is 26.0 Å². The van der Waals surface area contributed by atoms with Crippen LogP contribution in [0.15, 0.2) is 51.8 Å². The van der Waals surface area contributed by atoms with Gasteiger partial charge >= 0.3 is 0 Å². The fourth-order valence-electron chi connectivity index (χ4n) is 1.96. The van der Waals surface area contributed by atoms with E-state index in [0.717, 1.165) is 27.3 Å². The number of hydrogen-bond acceptors (Lipinski definition) is 4. The maximum absolute atomic E-state index is 6.30. The van der Waals surface area contributed by atoms with E-state index in [4.69, 9.17) is 15.2 Å². The predicted molar refractivity (Wildman–Crippen MR) is 91.3 cm³/mol. The van der Waals surface area contributed by atoms with Crippen LogP contribution in [-0.4, -0.2) is 20.0 Å². The molecule has 0 bridgehead atoms. The molecule has 2 N–H and O–H groups in total. The summed E-state index contributed by atoms with van der Waals surface area (Å²) in [6.07, 6.45) is 0. The van der Waals surface area contributed by atoms with Gasteiger partial charge in [0.1, 0.15) is 11.5 Å². The van der Waals surface area contributed by atoms with Crippen molar-refractivity contribution in [2.24, 2.45) is 5.73 Å². The molecule has 0 saturated heterocycles. The zero-order chi connectivity index (χ0) is 15.2. The summed E-state index contributed by atoms with van der Waals surface area (Å²) in [4.78, 5) is 1.19. The minimum Gasteiger partial charge on any atom is -0.497 e. The van der Waals surface area contributed by atoms with Crippen molar-refractivity contribution in [3.05, 3.63) is 52.5 Å². The molecule has 0 aliphatic rings. The first-order valence-corrected chi connectivity index (χ1v) is 8.27. The van der Waals surface area contributed by atoms with E-state index < -0.39 is 0 Å².